The summed E-state index contributed by atoms with van der Waals surface area (Å²) in [6.45, 7) is 8.10. The largest absolute Gasteiger partial charge is 0.383 e. The summed E-state index contributed by atoms with van der Waals surface area (Å²) in [5, 5.41) is 3.12. The molecule has 0 aliphatic heterocycles. The van der Waals surface area contributed by atoms with E-state index in [0.717, 1.165) is 26.2 Å². The molecule has 13 heavy (non-hydrogen) atoms. The fraction of sp³-hybridized carbons (Fsp3) is 1.00. The molecule has 0 aliphatic rings. The van der Waals surface area contributed by atoms with Crippen LogP contribution < -0.4 is 5.32 Å². The molecule has 0 fully saturated rings. The zero-order valence-corrected chi connectivity index (χ0v) is 9.89. The molecule has 0 aromatic carbocycles. The molecule has 0 saturated heterocycles. The van der Waals surface area contributed by atoms with Crippen LogP contribution in [0, 0.1) is 0 Å². The summed E-state index contributed by atoms with van der Waals surface area (Å²) in [6.07, 6.45) is 1.21. The summed E-state index contributed by atoms with van der Waals surface area (Å²) in [5.41, 5.74) is 0. The summed E-state index contributed by atoms with van der Waals surface area (Å²) >= 11 is 0. The number of rotatable bonds is 7. The number of ether oxygens (including phenoxy) is 1. The van der Waals surface area contributed by atoms with Crippen molar-refractivity contribution in [3.05, 3.63) is 0 Å². The molecule has 0 heterocycles. The first kappa shape index (κ1) is 15.4. The number of likely N-dealkylation sites (N-methyl/N-ethyl adjacent to an activating group) is 1. The zero-order valence-electron chi connectivity index (χ0n) is 9.89. The standard InChI is InChI=1S/C8H20N2O.C2H6/c1-9-5-4-6-10(2)7-8-11-3;1-2/h9H,4-8H2,1-3H3;1-2H3. The SMILES string of the molecule is CC.CNCCCN(C)CCOC. The predicted molar refractivity (Wildman–Crippen MR) is 59.3 cm³/mol. The highest BCUT2D eigenvalue weighted by molar-refractivity contribution is 4.51. The van der Waals surface area contributed by atoms with E-state index in [4.69, 9.17) is 4.74 Å². The van der Waals surface area contributed by atoms with Crippen LogP contribution in [0.2, 0.25) is 0 Å². The van der Waals surface area contributed by atoms with Crippen molar-refractivity contribution in [3.8, 4) is 0 Å². The van der Waals surface area contributed by atoms with E-state index < -0.39 is 0 Å². The van der Waals surface area contributed by atoms with Gasteiger partial charge >= 0.3 is 0 Å². The molecule has 0 amide bonds. The summed E-state index contributed by atoms with van der Waals surface area (Å²) in [4.78, 5) is 2.28. The van der Waals surface area contributed by atoms with Crippen molar-refractivity contribution in [1.82, 2.24) is 10.2 Å². The highest BCUT2D eigenvalue weighted by Gasteiger charge is 1.95. The van der Waals surface area contributed by atoms with Crippen LogP contribution in [0.5, 0.6) is 0 Å². The molecule has 82 valence electrons. The van der Waals surface area contributed by atoms with Gasteiger partial charge in [-0.15, -0.1) is 0 Å². The van der Waals surface area contributed by atoms with Gasteiger partial charge in [0.15, 0.2) is 0 Å². The summed E-state index contributed by atoms with van der Waals surface area (Å²) < 4.78 is 4.96. The summed E-state index contributed by atoms with van der Waals surface area (Å²) in [5.74, 6) is 0. The van der Waals surface area contributed by atoms with E-state index >= 15 is 0 Å². The molecule has 3 heteroatoms. The van der Waals surface area contributed by atoms with Crippen molar-refractivity contribution >= 4 is 0 Å². The Hall–Kier alpha value is -0.120. The van der Waals surface area contributed by atoms with E-state index in [-0.39, 0.29) is 0 Å². The first-order chi connectivity index (χ1) is 6.31. The molecular weight excluding hydrogens is 164 g/mol. The molecule has 0 spiro atoms. The lowest BCUT2D eigenvalue weighted by molar-refractivity contribution is 0.161. The third-order valence-corrected chi connectivity index (χ3v) is 1.64. The van der Waals surface area contributed by atoms with E-state index in [1.165, 1.54) is 6.42 Å². The molecule has 0 aliphatic carbocycles. The van der Waals surface area contributed by atoms with Crippen LogP contribution in [0.25, 0.3) is 0 Å². The Labute approximate surface area is 83.5 Å². The maximum Gasteiger partial charge on any atom is 0.0589 e. The van der Waals surface area contributed by atoms with E-state index in [0.29, 0.717) is 0 Å². The Bertz CT molecular complexity index is 79.3. The van der Waals surface area contributed by atoms with E-state index in [1.807, 2.05) is 20.9 Å². The van der Waals surface area contributed by atoms with E-state index in [9.17, 15) is 0 Å². The van der Waals surface area contributed by atoms with Crippen LogP contribution in [0.4, 0.5) is 0 Å². The lowest BCUT2D eigenvalue weighted by Crippen LogP contribution is -2.26. The number of hydrogen-bond donors (Lipinski definition) is 1. The quantitative estimate of drug-likeness (QED) is 0.611. The Kier molecular flexibility index (Phi) is 17.0. The van der Waals surface area contributed by atoms with Crippen molar-refractivity contribution in [2.45, 2.75) is 20.3 Å². The van der Waals surface area contributed by atoms with E-state index in [2.05, 4.69) is 17.3 Å². The average molecular weight is 190 g/mol. The summed E-state index contributed by atoms with van der Waals surface area (Å²) in [7, 11) is 5.84. The number of hydrogen-bond acceptors (Lipinski definition) is 3. The van der Waals surface area contributed by atoms with Gasteiger partial charge in [0.05, 0.1) is 6.61 Å². The molecule has 0 saturated carbocycles. The van der Waals surface area contributed by atoms with Crippen molar-refractivity contribution in [3.63, 3.8) is 0 Å². The first-order valence-corrected chi connectivity index (χ1v) is 5.13. The molecular formula is C10H26N2O. The highest BCUT2D eigenvalue weighted by Crippen LogP contribution is 1.85. The molecule has 0 unspecified atom stereocenters. The first-order valence-electron chi connectivity index (χ1n) is 5.13. The average Bonchev–Trinajstić information content (AvgIpc) is 2.18. The van der Waals surface area contributed by atoms with Gasteiger partial charge in [-0.2, -0.15) is 0 Å². The molecule has 3 nitrogen and oxygen atoms in total. The number of nitrogens with one attached hydrogen (secondary N) is 1. The van der Waals surface area contributed by atoms with Crippen LogP contribution >= 0.6 is 0 Å². The van der Waals surface area contributed by atoms with Gasteiger partial charge in [0.25, 0.3) is 0 Å². The Morgan fingerprint density at radius 3 is 2.31 bits per heavy atom. The molecule has 0 aromatic heterocycles. The monoisotopic (exact) mass is 190 g/mol. The van der Waals surface area contributed by atoms with Gasteiger partial charge in [-0.1, -0.05) is 13.8 Å². The fourth-order valence-corrected chi connectivity index (χ4v) is 0.885. The second-order valence-corrected chi connectivity index (χ2v) is 2.75. The topological polar surface area (TPSA) is 24.5 Å². The van der Waals surface area contributed by atoms with Crippen LogP contribution in [-0.2, 0) is 4.74 Å². The van der Waals surface area contributed by atoms with Crippen LogP contribution in [-0.4, -0.2) is 52.3 Å². The molecule has 1 N–H and O–H groups in total. The fourth-order valence-electron chi connectivity index (χ4n) is 0.885. The second-order valence-electron chi connectivity index (χ2n) is 2.75. The molecule has 0 aromatic rings. The normalized spacial score (nSPS) is 9.69. The lowest BCUT2D eigenvalue weighted by atomic mass is 10.4. The molecule has 0 radical (unpaired) electrons. The summed E-state index contributed by atoms with van der Waals surface area (Å²) in [6, 6.07) is 0. The Morgan fingerprint density at radius 2 is 1.85 bits per heavy atom. The highest BCUT2D eigenvalue weighted by atomic mass is 16.5. The van der Waals surface area contributed by atoms with Gasteiger partial charge in [-0.3, -0.25) is 0 Å². The van der Waals surface area contributed by atoms with Gasteiger partial charge in [0.1, 0.15) is 0 Å². The Morgan fingerprint density at radius 1 is 1.23 bits per heavy atom. The predicted octanol–water partition coefficient (Wildman–Crippen LogP) is 1.20. The van der Waals surface area contributed by atoms with Crippen molar-refractivity contribution in [2.24, 2.45) is 0 Å². The molecule has 0 atom stereocenters. The van der Waals surface area contributed by atoms with Crippen LogP contribution in [0.3, 0.4) is 0 Å². The zero-order chi connectivity index (χ0) is 10.5. The Balaban J connectivity index is 0. The van der Waals surface area contributed by atoms with Crippen molar-refractivity contribution < 1.29 is 4.74 Å². The minimum atomic E-state index is 0.829. The third-order valence-electron chi connectivity index (χ3n) is 1.64. The lowest BCUT2D eigenvalue weighted by Gasteiger charge is -2.15. The van der Waals surface area contributed by atoms with Crippen LogP contribution in [0.15, 0.2) is 0 Å². The molecule has 0 rings (SSSR count). The molecule has 0 bridgehead atoms. The van der Waals surface area contributed by atoms with Gasteiger partial charge in [0.2, 0.25) is 0 Å². The maximum atomic E-state index is 4.96. The van der Waals surface area contributed by atoms with Gasteiger partial charge < -0.3 is 15.0 Å². The van der Waals surface area contributed by atoms with Crippen LogP contribution in [0.1, 0.15) is 20.3 Å². The van der Waals surface area contributed by atoms with Crippen molar-refractivity contribution in [2.75, 3.05) is 47.4 Å². The smallest absolute Gasteiger partial charge is 0.0589 e. The third kappa shape index (κ3) is 14.7. The van der Waals surface area contributed by atoms with Gasteiger partial charge in [-0.25, -0.2) is 0 Å². The van der Waals surface area contributed by atoms with Crippen molar-refractivity contribution in [1.29, 1.82) is 0 Å². The number of methoxy groups -OCH3 is 1. The minimum Gasteiger partial charge on any atom is -0.383 e. The second kappa shape index (κ2) is 14.4. The minimum absolute atomic E-state index is 0.829. The maximum absolute atomic E-state index is 4.96. The van der Waals surface area contributed by atoms with Gasteiger partial charge in [0, 0.05) is 13.7 Å². The number of nitrogens with zero attached hydrogens (tertiary/aromatic N) is 1. The van der Waals surface area contributed by atoms with Gasteiger partial charge in [-0.05, 0) is 33.6 Å². The van der Waals surface area contributed by atoms with E-state index in [1.54, 1.807) is 7.11 Å².